The highest BCUT2D eigenvalue weighted by atomic mass is 32.1. The van der Waals surface area contributed by atoms with Crippen LogP contribution in [0.15, 0.2) is 48.5 Å². The Kier molecular flexibility index (Phi) is 2.76. The van der Waals surface area contributed by atoms with Crippen LogP contribution < -0.4 is 5.73 Å². The fraction of sp³-hybridized carbons (Fsp3) is 0.133. The van der Waals surface area contributed by atoms with Crippen molar-refractivity contribution in [2.24, 2.45) is 0 Å². The molecule has 3 rings (SSSR count). The first kappa shape index (κ1) is 11.2. The van der Waals surface area contributed by atoms with Crippen LogP contribution >= 0.6 is 11.3 Å². The molecule has 2 aromatic carbocycles. The molecule has 1 heterocycles. The van der Waals surface area contributed by atoms with E-state index in [0.29, 0.717) is 11.0 Å². The number of hydrogen-bond donors (Lipinski definition) is 1. The smallest absolute Gasteiger partial charge is 0.181 e. The number of para-hydroxylation sites is 1. The standard InChI is InChI=1S/C15H14N2S/c1-10(11-6-3-2-4-7-11)12-8-5-9-13-14(12)17-15(16)18-13/h2-10H,1H3,(H2,16,17). The molecule has 0 saturated carbocycles. The first-order valence-corrected chi connectivity index (χ1v) is 6.77. The van der Waals surface area contributed by atoms with Crippen molar-refractivity contribution in [3.8, 4) is 0 Å². The third kappa shape index (κ3) is 1.87. The molecular formula is C15H14N2S. The lowest BCUT2D eigenvalue weighted by Gasteiger charge is -2.12. The quantitative estimate of drug-likeness (QED) is 0.750. The topological polar surface area (TPSA) is 38.9 Å². The van der Waals surface area contributed by atoms with Gasteiger partial charge in [-0.2, -0.15) is 0 Å². The number of benzene rings is 2. The first-order valence-electron chi connectivity index (χ1n) is 5.95. The molecule has 1 aromatic heterocycles. The molecule has 2 N–H and O–H groups in total. The number of rotatable bonds is 2. The van der Waals surface area contributed by atoms with Crippen molar-refractivity contribution >= 4 is 26.7 Å². The first-order chi connectivity index (χ1) is 8.75. The van der Waals surface area contributed by atoms with Gasteiger partial charge in [0.15, 0.2) is 5.13 Å². The van der Waals surface area contributed by atoms with Gasteiger partial charge in [0.1, 0.15) is 0 Å². The number of hydrogen-bond acceptors (Lipinski definition) is 3. The predicted molar refractivity (Wildman–Crippen MR) is 78.0 cm³/mol. The van der Waals surface area contributed by atoms with Gasteiger partial charge in [0.2, 0.25) is 0 Å². The van der Waals surface area contributed by atoms with Crippen LogP contribution in [0.25, 0.3) is 10.2 Å². The highest BCUT2D eigenvalue weighted by Crippen LogP contribution is 2.33. The van der Waals surface area contributed by atoms with Gasteiger partial charge in [0, 0.05) is 5.92 Å². The molecule has 0 amide bonds. The second-order valence-electron chi connectivity index (χ2n) is 4.38. The minimum absolute atomic E-state index is 0.330. The Balaban J connectivity index is 2.14. The number of nitrogens with zero attached hydrogens (tertiary/aromatic N) is 1. The molecule has 0 saturated heterocycles. The predicted octanol–water partition coefficient (Wildman–Crippen LogP) is 4.03. The van der Waals surface area contributed by atoms with E-state index < -0.39 is 0 Å². The molecule has 0 aliphatic heterocycles. The Morgan fingerprint density at radius 3 is 2.61 bits per heavy atom. The van der Waals surface area contributed by atoms with Gasteiger partial charge in [-0.1, -0.05) is 60.7 Å². The Morgan fingerprint density at radius 2 is 1.83 bits per heavy atom. The number of aromatic nitrogens is 1. The van der Waals surface area contributed by atoms with E-state index in [-0.39, 0.29) is 0 Å². The summed E-state index contributed by atoms with van der Waals surface area (Å²) in [7, 11) is 0. The second-order valence-corrected chi connectivity index (χ2v) is 5.44. The van der Waals surface area contributed by atoms with E-state index in [9.17, 15) is 0 Å². The Labute approximate surface area is 110 Å². The lowest BCUT2D eigenvalue weighted by Crippen LogP contribution is -1.96. The fourth-order valence-electron chi connectivity index (χ4n) is 2.26. The van der Waals surface area contributed by atoms with Crippen molar-refractivity contribution in [3.63, 3.8) is 0 Å². The summed E-state index contributed by atoms with van der Waals surface area (Å²) in [5.41, 5.74) is 9.39. The maximum atomic E-state index is 5.81. The third-order valence-electron chi connectivity index (χ3n) is 3.23. The monoisotopic (exact) mass is 254 g/mol. The maximum Gasteiger partial charge on any atom is 0.181 e. The van der Waals surface area contributed by atoms with E-state index in [1.165, 1.54) is 11.1 Å². The molecule has 0 radical (unpaired) electrons. The average Bonchev–Trinajstić information content (AvgIpc) is 2.79. The number of nitrogen functional groups attached to an aromatic ring is 1. The number of fused-ring (bicyclic) bond motifs is 1. The van der Waals surface area contributed by atoms with Gasteiger partial charge in [0.05, 0.1) is 10.2 Å². The fourth-order valence-corrected chi connectivity index (χ4v) is 3.03. The molecule has 2 nitrogen and oxygen atoms in total. The summed E-state index contributed by atoms with van der Waals surface area (Å²) < 4.78 is 1.16. The van der Waals surface area contributed by atoms with E-state index in [0.717, 1.165) is 10.2 Å². The zero-order valence-corrected chi connectivity index (χ0v) is 10.9. The number of anilines is 1. The van der Waals surface area contributed by atoms with Crippen molar-refractivity contribution in [2.45, 2.75) is 12.8 Å². The van der Waals surface area contributed by atoms with Crippen molar-refractivity contribution in [1.82, 2.24) is 4.98 Å². The third-order valence-corrected chi connectivity index (χ3v) is 4.08. The van der Waals surface area contributed by atoms with E-state index in [2.05, 4.69) is 54.4 Å². The van der Waals surface area contributed by atoms with Crippen LogP contribution in [0.1, 0.15) is 24.0 Å². The van der Waals surface area contributed by atoms with Crippen LogP contribution in [-0.4, -0.2) is 4.98 Å². The highest BCUT2D eigenvalue weighted by Gasteiger charge is 2.13. The van der Waals surface area contributed by atoms with Gasteiger partial charge in [-0.3, -0.25) is 0 Å². The Bertz CT molecular complexity index is 673. The van der Waals surface area contributed by atoms with Gasteiger partial charge < -0.3 is 5.73 Å². The molecule has 3 heteroatoms. The van der Waals surface area contributed by atoms with Crippen LogP contribution in [0.2, 0.25) is 0 Å². The van der Waals surface area contributed by atoms with Crippen LogP contribution in [0.5, 0.6) is 0 Å². The summed E-state index contributed by atoms with van der Waals surface area (Å²) in [6, 6.07) is 16.8. The zero-order chi connectivity index (χ0) is 12.5. The maximum absolute atomic E-state index is 5.81. The van der Waals surface area contributed by atoms with Gasteiger partial charge >= 0.3 is 0 Å². The molecule has 18 heavy (non-hydrogen) atoms. The molecule has 1 atom stereocenters. The van der Waals surface area contributed by atoms with E-state index in [1.807, 2.05) is 6.07 Å². The van der Waals surface area contributed by atoms with E-state index in [4.69, 9.17) is 5.73 Å². The molecule has 3 aromatic rings. The highest BCUT2D eigenvalue weighted by molar-refractivity contribution is 7.22. The molecule has 0 aliphatic rings. The summed E-state index contributed by atoms with van der Waals surface area (Å²) in [5.74, 6) is 0.330. The van der Waals surface area contributed by atoms with Crippen molar-refractivity contribution < 1.29 is 0 Å². The van der Waals surface area contributed by atoms with Crippen LogP contribution in [0, 0.1) is 0 Å². The minimum atomic E-state index is 0.330. The molecule has 1 unspecified atom stereocenters. The van der Waals surface area contributed by atoms with E-state index in [1.54, 1.807) is 11.3 Å². The van der Waals surface area contributed by atoms with Crippen molar-refractivity contribution in [2.75, 3.05) is 5.73 Å². The van der Waals surface area contributed by atoms with E-state index >= 15 is 0 Å². The normalized spacial score (nSPS) is 12.7. The van der Waals surface area contributed by atoms with Crippen molar-refractivity contribution in [3.05, 3.63) is 59.7 Å². The lowest BCUT2D eigenvalue weighted by atomic mass is 9.92. The van der Waals surface area contributed by atoms with Gasteiger partial charge in [-0.25, -0.2) is 4.98 Å². The van der Waals surface area contributed by atoms with Gasteiger partial charge in [-0.15, -0.1) is 0 Å². The molecule has 0 spiro atoms. The summed E-state index contributed by atoms with van der Waals surface area (Å²) in [6.45, 7) is 2.21. The van der Waals surface area contributed by atoms with Gasteiger partial charge in [0.25, 0.3) is 0 Å². The van der Waals surface area contributed by atoms with Crippen molar-refractivity contribution in [1.29, 1.82) is 0 Å². The summed E-state index contributed by atoms with van der Waals surface area (Å²) in [4.78, 5) is 4.46. The Hall–Kier alpha value is -1.87. The number of nitrogens with two attached hydrogens (primary N) is 1. The molecule has 0 aliphatic carbocycles. The summed E-state index contributed by atoms with van der Waals surface area (Å²) in [6.07, 6.45) is 0. The second kappa shape index (κ2) is 4.42. The SMILES string of the molecule is CC(c1ccccc1)c1cccc2sc(N)nc12. The minimum Gasteiger partial charge on any atom is -0.375 e. The molecule has 0 bridgehead atoms. The zero-order valence-electron chi connectivity index (χ0n) is 10.1. The molecule has 0 fully saturated rings. The largest absolute Gasteiger partial charge is 0.375 e. The summed E-state index contributed by atoms with van der Waals surface area (Å²) in [5, 5.41) is 0.637. The average molecular weight is 254 g/mol. The van der Waals surface area contributed by atoms with Crippen LogP contribution in [-0.2, 0) is 0 Å². The summed E-state index contributed by atoms with van der Waals surface area (Å²) >= 11 is 1.55. The Morgan fingerprint density at radius 1 is 1.06 bits per heavy atom. The van der Waals surface area contributed by atoms with Crippen LogP contribution in [0.3, 0.4) is 0 Å². The number of thiazole rings is 1. The van der Waals surface area contributed by atoms with Crippen LogP contribution in [0.4, 0.5) is 5.13 Å². The lowest BCUT2D eigenvalue weighted by molar-refractivity contribution is 0.930. The van der Waals surface area contributed by atoms with Gasteiger partial charge in [-0.05, 0) is 17.2 Å². The molecular weight excluding hydrogens is 240 g/mol. The molecule has 90 valence electrons.